The number of aromatic nitrogens is 1. The Bertz CT molecular complexity index is 1940. The average Bonchev–Trinajstić information content (AvgIpc) is 4.00. The van der Waals surface area contributed by atoms with Crippen molar-refractivity contribution in [2.24, 2.45) is 11.8 Å². The van der Waals surface area contributed by atoms with Crippen molar-refractivity contribution in [2.75, 3.05) is 31.6 Å². The molecule has 1 N–H and O–H groups in total. The molecule has 2 bridgehead atoms. The SMILES string of the molecule is O=C(O[C@@H](Cc1c(Cl)cncc1Cl)c1ccc(OC(F)F)c(OCC2CC2)c1)c1ccc(NC(C(=O)O[C@H]2CN3CCC2CC3)c2ccccc2)cc1F. The Kier molecular flexibility index (Phi) is 11.8. The quantitative estimate of drug-likeness (QED) is 0.119. The second-order valence-electron chi connectivity index (χ2n) is 13.8. The summed E-state index contributed by atoms with van der Waals surface area (Å²) in [5.74, 6) is -1.95. The molecule has 4 fully saturated rings. The fourth-order valence-electron chi connectivity index (χ4n) is 6.88. The number of benzene rings is 3. The van der Waals surface area contributed by atoms with Gasteiger partial charge in [0.1, 0.15) is 18.0 Å². The maximum Gasteiger partial charge on any atom is 0.387 e. The van der Waals surface area contributed by atoms with Crippen LogP contribution >= 0.6 is 23.2 Å². The number of carbonyl (C=O) groups is 2. The number of carbonyl (C=O) groups excluding carboxylic acids is 2. The lowest BCUT2D eigenvalue weighted by Gasteiger charge is -2.44. The van der Waals surface area contributed by atoms with Gasteiger partial charge in [0.25, 0.3) is 0 Å². The van der Waals surface area contributed by atoms with Gasteiger partial charge in [0.15, 0.2) is 17.5 Å². The van der Waals surface area contributed by atoms with Gasteiger partial charge in [-0.3, -0.25) is 9.88 Å². The zero-order valence-corrected chi connectivity index (χ0v) is 30.6. The van der Waals surface area contributed by atoms with Gasteiger partial charge < -0.3 is 24.3 Å². The second kappa shape index (κ2) is 16.9. The zero-order valence-electron chi connectivity index (χ0n) is 29.1. The van der Waals surface area contributed by atoms with Crippen LogP contribution in [-0.2, 0) is 20.7 Å². The first kappa shape index (κ1) is 37.8. The van der Waals surface area contributed by atoms with Crippen LogP contribution in [-0.4, -0.2) is 60.8 Å². The molecular weight excluding hydrogens is 746 g/mol. The van der Waals surface area contributed by atoms with Gasteiger partial charge in [0.2, 0.25) is 0 Å². The first-order chi connectivity index (χ1) is 26.1. The van der Waals surface area contributed by atoms with E-state index in [2.05, 4.69) is 19.9 Å². The molecule has 4 heterocycles. The Hall–Kier alpha value is -4.52. The lowest BCUT2D eigenvalue weighted by atomic mass is 9.86. The molecule has 3 aromatic carbocycles. The number of esters is 2. The summed E-state index contributed by atoms with van der Waals surface area (Å²) in [5.41, 5.74) is 1.23. The molecule has 3 saturated heterocycles. The first-order valence-electron chi connectivity index (χ1n) is 17.9. The maximum absolute atomic E-state index is 15.8. The summed E-state index contributed by atoms with van der Waals surface area (Å²) in [5, 5.41) is 3.51. The van der Waals surface area contributed by atoms with Gasteiger partial charge in [-0.25, -0.2) is 14.0 Å². The number of ether oxygens (including phenoxy) is 4. The van der Waals surface area contributed by atoms with Crippen molar-refractivity contribution in [3.63, 3.8) is 0 Å². The molecule has 1 aliphatic carbocycles. The van der Waals surface area contributed by atoms with E-state index in [1.165, 1.54) is 42.7 Å². The Morgan fingerprint density at radius 3 is 2.30 bits per heavy atom. The maximum atomic E-state index is 15.8. The Morgan fingerprint density at radius 1 is 0.907 bits per heavy atom. The molecule has 1 saturated carbocycles. The summed E-state index contributed by atoms with van der Waals surface area (Å²) in [6.45, 7) is -0.119. The van der Waals surface area contributed by atoms with Crippen LogP contribution < -0.4 is 14.8 Å². The number of nitrogens with one attached hydrogen (secondary N) is 1. The largest absolute Gasteiger partial charge is 0.489 e. The fraction of sp³-hybridized carbons (Fsp3) is 0.375. The summed E-state index contributed by atoms with van der Waals surface area (Å²) in [6, 6.07) is 16.1. The molecular formula is C40H38Cl2F3N3O6. The van der Waals surface area contributed by atoms with E-state index >= 15 is 4.39 Å². The molecule has 14 heteroatoms. The normalized spacial score (nSPS) is 20.2. The van der Waals surface area contributed by atoms with Crippen molar-refractivity contribution >= 4 is 40.8 Å². The highest BCUT2D eigenvalue weighted by molar-refractivity contribution is 6.35. The number of rotatable bonds is 15. The molecule has 9 nitrogen and oxygen atoms in total. The van der Waals surface area contributed by atoms with Crippen LogP contribution in [0.15, 0.2) is 79.1 Å². The third-order valence-electron chi connectivity index (χ3n) is 10.1. The Morgan fingerprint density at radius 2 is 1.65 bits per heavy atom. The Balaban J connectivity index is 1.12. The van der Waals surface area contributed by atoms with Crippen LogP contribution in [0.4, 0.5) is 18.9 Å². The minimum atomic E-state index is -3.10. The van der Waals surface area contributed by atoms with Gasteiger partial charge in [-0.2, -0.15) is 8.78 Å². The molecule has 0 spiro atoms. The number of hydrogen-bond acceptors (Lipinski definition) is 9. The second-order valence-corrected chi connectivity index (χ2v) is 14.6. The molecule has 0 amide bonds. The van der Waals surface area contributed by atoms with Crippen molar-refractivity contribution < 1.29 is 41.7 Å². The van der Waals surface area contributed by atoms with Gasteiger partial charge >= 0.3 is 18.6 Å². The van der Waals surface area contributed by atoms with Gasteiger partial charge in [-0.05, 0) is 97.6 Å². The number of hydrogen-bond donors (Lipinski definition) is 1. The van der Waals surface area contributed by atoms with E-state index in [9.17, 15) is 18.4 Å². The molecule has 0 radical (unpaired) electrons. The van der Waals surface area contributed by atoms with Crippen LogP contribution in [0.3, 0.4) is 0 Å². The van der Waals surface area contributed by atoms with E-state index in [1.807, 2.05) is 6.07 Å². The van der Waals surface area contributed by atoms with Gasteiger partial charge in [-0.15, -0.1) is 0 Å². The number of alkyl halides is 2. The molecule has 1 aromatic heterocycles. The van der Waals surface area contributed by atoms with E-state index in [4.69, 9.17) is 37.4 Å². The summed E-state index contributed by atoms with van der Waals surface area (Å²) in [7, 11) is 0. The smallest absolute Gasteiger partial charge is 0.387 e. The molecule has 4 aliphatic rings. The van der Waals surface area contributed by atoms with Crippen LogP contribution in [0.1, 0.15) is 64.9 Å². The molecule has 1 unspecified atom stereocenters. The van der Waals surface area contributed by atoms with Gasteiger partial charge in [0, 0.05) is 31.0 Å². The number of nitrogens with zero attached hydrogens (tertiary/aromatic N) is 2. The predicted molar refractivity (Wildman–Crippen MR) is 196 cm³/mol. The van der Waals surface area contributed by atoms with Crippen LogP contribution in [0.2, 0.25) is 10.0 Å². The van der Waals surface area contributed by atoms with E-state index in [1.54, 1.807) is 24.3 Å². The molecule has 3 aliphatic heterocycles. The molecule has 3 atom stereocenters. The van der Waals surface area contributed by atoms with E-state index < -0.39 is 36.5 Å². The summed E-state index contributed by atoms with van der Waals surface area (Å²) in [6.07, 6.45) is 5.22. The number of halogens is 5. The minimum absolute atomic E-state index is 0.0364. The van der Waals surface area contributed by atoms with Crippen LogP contribution in [0.5, 0.6) is 11.5 Å². The Labute approximate surface area is 320 Å². The highest BCUT2D eigenvalue weighted by Crippen LogP contribution is 2.39. The van der Waals surface area contributed by atoms with E-state index in [-0.39, 0.29) is 45.3 Å². The lowest BCUT2D eigenvalue weighted by molar-refractivity contribution is -0.159. The number of anilines is 1. The monoisotopic (exact) mass is 783 g/mol. The topological polar surface area (TPSA) is 99.2 Å². The van der Waals surface area contributed by atoms with Crippen molar-refractivity contribution in [1.29, 1.82) is 0 Å². The van der Waals surface area contributed by atoms with Gasteiger partial charge in [-0.1, -0.05) is 59.6 Å². The lowest BCUT2D eigenvalue weighted by Crippen LogP contribution is -2.52. The molecule has 8 rings (SSSR count). The van der Waals surface area contributed by atoms with Crippen LogP contribution in [0, 0.1) is 17.7 Å². The average molecular weight is 785 g/mol. The highest BCUT2D eigenvalue weighted by atomic mass is 35.5. The van der Waals surface area contributed by atoms with Crippen LogP contribution in [0.25, 0.3) is 0 Å². The standard InChI is InChI=1S/C40H38Cl2F3N3O6/c41-30-19-46-20-31(42)29(30)18-34(26-8-11-33(54-40(44)45)35(16-26)51-22-23-6-7-23)52-38(49)28-10-9-27(17-32(28)43)47-37(25-4-2-1-3-5-25)39(50)53-36-21-48-14-12-24(36)13-15-48/h1-5,8-11,16-17,19-20,23-24,34,36-37,40,47H,6-7,12-15,18,21-22H2/t34-,36-,37?/m0/s1. The van der Waals surface area contributed by atoms with Crippen molar-refractivity contribution in [3.05, 3.63) is 117 Å². The molecule has 54 heavy (non-hydrogen) atoms. The third-order valence-corrected chi connectivity index (χ3v) is 10.7. The zero-order chi connectivity index (χ0) is 37.8. The van der Waals surface area contributed by atoms with Gasteiger partial charge in [0.05, 0.1) is 22.2 Å². The van der Waals surface area contributed by atoms with E-state index in [0.717, 1.165) is 44.8 Å². The minimum Gasteiger partial charge on any atom is -0.489 e. The molecule has 4 aromatic rings. The summed E-state index contributed by atoms with van der Waals surface area (Å²) >= 11 is 12.8. The molecule has 284 valence electrons. The number of piperidine rings is 3. The number of pyridine rings is 1. The highest BCUT2D eigenvalue weighted by Gasteiger charge is 2.38. The summed E-state index contributed by atoms with van der Waals surface area (Å²) in [4.78, 5) is 33.6. The predicted octanol–water partition coefficient (Wildman–Crippen LogP) is 8.85. The number of fused-ring (bicyclic) bond motifs is 3. The van der Waals surface area contributed by atoms with Crippen molar-refractivity contribution in [2.45, 2.75) is 57.0 Å². The summed E-state index contributed by atoms with van der Waals surface area (Å²) < 4.78 is 64.8. The first-order valence-corrected chi connectivity index (χ1v) is 18.6. The third kappa shape index (κ3) is 9.22. The van der Waals surface area contributed by atoms with E-state index in [0.29, 0.717) is 41.7 Å². The van der Waals surface area contributed by atoms with Crippen molar-refractivity contribution in [3.8, 4) is 11.5 Å². The fourth-order valence-corrected chi connectivity index (χ4v) is 7.40. The van der Waals surface area contributed by atoms with Crippen molar-refractivity contribution in [1.82, 2.24) is 9.88 Å².